The van der Waals surface area contributed by atoms with Crippen molar-refractivity contribution in [1.82, 2.24) is 4.31 Å². The van der Waals surface area contributed by atoms with E-state index in [2.05, 4.69) is 0 Å². The number of hydrogen-bond donors (Lipinski definition) is 1. The Morgan fingerprint density at radius 3 is 2.14 bits per heavy atom. The average molecular weight is 405 g/mol. The van der Waals surface area contributed by atoms with E-state index in [1.807, 2.05) is 0 Å². The molecule has 0 bridgehead atoms. The van der Waals surface area contributed by atoms with E-state index in [1.165, 1.54) is 52.8 Å². The third kappa shape index (κ3) is 4.56. The second kappa shape index (κ2) is 8.51. The number of esters is 1. The molecule has 3 rings (SSSR count). The summed E-state index contributed by atoms with van der Waals surface area (Å²) in [6.45, 7) is 0.798. The minimum Gasteiger partial charge on any atom is -0.508 e. The third-order valence-corrected chi connectivity index (χ3v) is 6.13. The maximum Gasteiger partial charge on any atom is 0.338 e. The number of Topliss-reactive ketones (excluding diaryl/α,β-unsaturated/α-hetero) is 1. The van der Waals surface area contributed by atoms with Crippen LogP contribution >= 0.6 is 0 Å². The van der Waals surface area contributed by atoms with Gasteiger partial charge in [-0.25, -0.2) is 13.2 Å². The second-order valence-corrected chi connectivity index (χ2v) is 8.02. The Hall–Kier alpha value is -2.75. The summed E-state index contributed by atoms with van der Waals surface area (Å²) in [5, 5.41) is 9.21. The molecule has 0 amide bonds. The third-order valence-electron chi connectivity index (χ3n) is 4.22. The van der Waals surface area contributed by atoms with Gasteiger partial charge in [0.05, 0.1) is 23.7 Å². The molecule has 28 heavy (non-hydrogen) atoms. The van der Waals surface area contributed by atoms with E-state index >= 15 is 0 Å². The standard InChI is InChI=1S/C19H19NO7S/c21-16-5-1-15(2-6-16)19(23)27-13-18(22)14-3-7-17(8-4-14)28(24,25)20-9-11-26-12-10-20/h1-8,21H,9-13H2. The summed E-state index contributed by atoms with van der Waals surface area (Å²) in [5.41, 5.74) is 0.442. The zero-order valence-electron chi connectivity index (χ0n) is 14.9. The second-order valence-electron chi connectivity index (χ2n) is 6.09. The Morgan fingerprint density at radius 2 is 1.54 bits per heavy atom. The first-order valence-electron chi connectivity index (χ1n) is 8.55. The van der Waals surface area contributed by atoms with Crippen LogP contribution in [0.3, 0.4) is 0 Å². The number of benzene rings is 2. The lowest BCUT2D eigenvalue weighted by atomic mass is 10.1. The number of ketones is 1. The van der Waals surface area contributed by atoms with Crippen LogP contribution in [0.1, 0.15) is 20.7 Å². The van der Waals surface area contributed by atoms with Crippen molar-refractivity contribution < 1.29 is 32.6 Å². The molecule has 1 fully saturated rings. The van der Waals surface area contributed by atoms with Crippen LogP contribution < -0.4 is 0 Å². The predicted octanol–water partition coefficient (Wildman–Crippen LogP) is 1.45. The Morgan fingerprint density at radius 1 is 0.964 bits per heavy atom. The molecule has 0 radical (unpaired) electrons. The minimum atomic E-state index is -3.63. The monoisotopic (exact) mass is 405 g/mol. The summed E-state index contributed by atoms with van der Waals surface area (Å²) in [7, 11) is -3.63. The summed E-state index contributed by atoms with van der Waals surface area (Å²) in [6, 6.07) is 11.0. The molecule has 1 N–H and O–H groups in total. The fourth-order valence-electron chi connectivity index (χ4n) is 2.64. The highest BCUT2D eigenvalue weighted by atomic mass is 32.2. The Labute approximate surface area is 162 Å². The molecule has 0 unspecified atom stereocenters. The zero-order chi connectivity index (χ0) is 20.1. The minimum absolute atomic E-state index is 0.0137. The van der Waals surface area contributed by atoms with Crippen LogP contribution in [0.25, 0.3) is 0 Å². The first-order valence-corrected chi connectivity index (χ1v) is 9.99. The Bertz CT molecular complexity index is 947. The summed E-state index contributed by atoms with van der Waals surface area (Å²) < 4.78 is 36.6. The number of carbonyl (C=O) groups is 2. The van der Waals surface area contributed by atoms with Crippen molar-refractivity contribution in [2.75, 3.05) is 32.9 Å². The van der Waals surface area contributed by atoms with Crippen LogP contribution in [0, 0.1) is 0 Å². The van der Waals surface area contributed by atoms with Crippen LogP contribution in [0.5, 0.6) is 5.75 Å². The Balaban J connectivity index is 1.62. The fraction of sp³-hybridized carbons (Fsp3) is 0.263. The highest BCUT2D eigenvalue weighted by Crippen LogP contribution is 2.18. The van der Waals surface area contributed by atoms with Crippen LogP contribution in [0.4, 0.5) is 0 Å². The summed E-state index contributed by atoms with van der Waals surface area (Å²) in [4.78, 5) is 24.2. The molecule has 2 aromatic carbocycles. The number of nitrogens with zero attached hydrogens (tertiary/aromatic N) is 1. The van der Waals surface area contributed by atoms with Crippen molar-refractivity contribution in [3.63, 3.8) is 0 Å². The highest BCUT2D eigenvalue weighted by molar-refractivity contribution is 7.89. The molecular weight excluding hydrogens is 386 g/mol. The van der Waals surface area contributed by atoms with Crippen LogP contribution in [-0.2, 0) is 19.5 Å². The highest BCUT2D eigenvalue weighted by Gasteiger charge is 2.26. The van der Waals surface area contributed by atoms with Gasteiger partial charge in [-0.3, -0.25) is 4.79 Å². The van der Waals surface area contributed by atoms with Crippen LogP contribution in [-0.4, -0.2) is 62.5 Å². The van der Waals surface area contributed by atoms with Crippen molar-refractivity contribution in [3.8, 4) is 5.75 Å². The van der Waals surface area contributed by atoms with Gasteiger partial charge in [-0.05, 0) is 48.5 Å². The van der Waals surface area contributed by atoms with Crippen molar-refractivity contribution in [2.45, 2.75) is 4.90 Å². The average Bonchev–Trinajstić information content (AvgIpc) is 2.73. The SMILES string of the molecule is O=C(COC(=O)c1ccc(O)cc1)c1ccc(S(=O)(=O)N2CCOCC2)cc1. The van der Waals surface area contributed by atoms with E-state index < -0.39 is 28.4 Å². The van der Waals surface area contributed by atoms with Crippen LogP contribution in [0.15, 0.2) is 53.4 Å². The van der Waals surface area contributed by atoms with Gasteiger partial charge in [-0.1, -0.05) is 0 Å². The molecule has 2 aromatic rings. The maximum atomic E-state index is 12.6. The lowest BCUT2D eigenvalue weighted by Gasteiger charge is -2.26. The summed E-state index contributed by atoms with van der Waals surface area (Å²) in [5.74, 6) is -1.14. The molecule has 0 spiro atoms. The summed E-state index contributed by atoms with van der Waals surface area (Å²) >= 11 is 0. The molecule has 9 heteroatoms. The number of phenolic OH excluding ortho intramolecular Hbond substituents is 1. The maximum absolute atomic E-state index is 12.6. The molecule has 1 aliphatic heterocycles. The number of aromatic hydroxyl groups is 1. The molecule has 0 saturated carbocycles. The molecule has 1 saturated heterocycles. The van der Waals surface area contributed by atoms with E-state index in [1.54, 1.807) is 0 Å². The molecule has 1 aliphatic rings. The van der Waals surface area contributed by atoms with Gasteiger partial charge in [0.15, 0.2) is 12.4 Å². The van der Waals surface area contributed by atoms with E-state index in [9.17, 15) is 23.1 Å². The predicted molar refractivity (Wildman–Crippen MR) is 98.7 cm³/mol. The molecule has 148 valence electrons. The number of rotatable bonds is 6. The van der Waals surface area contributed by atoms with Gasteiger partial charge in [0, 0.05) is 18.7 Å². The van der Waals surface area contributed by atoms with Gasteiger partial charge in [0.2, 0.25) is 10.0 Å². The van der Waals surface area contributed by atoms with Crippen molar-refractivity contribution in [2.24, 2.45) is 0 Å². The number of morpholine rings is 1. The van der Waals surface area contributed by atoms with Gasteiger partial charge in [0.1, 0.15) is 5.75 Å². The van der Waals surface area contributed by atoms with Crippen molar-refractivity contribution in [3.05, 3.63) is 59.7 Å². The number of phenols is 1. The first-order chi connectivity index (χ1) is 13.4. The van der Waals surface area contributed by atoms with Gasteiger partial charge in [-0.15, -0.1) is 0 Å². The van der Waals surface area contributed by atoms with Gasteiger partial charge in [-0.2, -0.15) is 4.31 Å². The molecule has 0 aliphatic carbocycles. The van der Waals surface area contributed by atoms with Crippen molar-refractivity contribution >= 4 is 21.8 Å². The quantitative estimate of drug-likeness (QED) is 0.572. The number of sulfonamides is 1. The fourth-order valence-corrected chi connectivity index (χ4v) is 4.05. The first kappa shape index (κ1) is 20.0. The van der Waals surface area contributed by atoms with Crippen LogP contribution in [0.2, 0.25) is 0 Å². The van der Waals surface area contributed by atoms with Gasteiger partial charge in [0.25, 0.3) is 0 Å². The molecule has 0 aromatic heterocycles. The summed E-state index contributed by atoms with van der Waals surface area (Å²) in [6.07, 6.45) is 0. The van der Waals surface area contributed by atoms with E-state index in [4.69, 9.17) is 9.47 Å². The van der Waals surface area contributed by atoms with Gasteiger partial charge >= 0.3 is 5.97 Å². The molecular formula is C19H19NO7S. The lowest BCUT2D eigenvalue weighted by molar-refractivity contribution is 0.0474. The zero-order valence-corrected chi connectivity index (χ0v) is 15.7. The van der Waals surface area contributed by atoms with E-state index in [0.717, 1.165) is 0 Å². The van der Waals surface area contributed by atoms with Crippen molar-refractivity contribution in [1.29, 1.82) is 0 Å². The molecule has 0 atom stereocenters. The molecule has 1 heterocycles. The Kier molecular flexibility index (Phi) is 6.08. The smallest absolute Gasteiger partial charge is 0.338 e. The number of carbonyl (C=O) groups excluding carboxylic acids is 2. The lowest BCUT2D eigenvalue weighted by Crippen LogP contribution is -2.40. The van der Waals surface area contributed by atoms with E-state index in [-0.39, 0.29) is 34.9 Å². The largest absolute Gasteiger partial charge is 0.508 e. The number of hydrogen-bond acceptors (Lipinski definition) is 7. The molecule has 8 nitrogen and oxygen atoms in total. The van der Waals surface area contributed by atoms with Gasteiger partial charge < -0.3 is 14.6 Å². The topological polar surface area (TPSA) is 110 Å². The van der Waals surface area contributed by atoms with E-state index in [0.29, 0.717) is 13.2 Å². The normalized spacial score (nSPS) is 15.1. The number of ether oxygens (including phenoxy) is 2.